The Bertz CT molecular complexity index is 479. The minimum absolute atomic E-state index is 0.155. The van der Waals surface area contributed by atoms with Gasteiger partial charge in [0.15, 0.2) is 0 Å². The molecule has 2 aliphatic rings. The highest BCUT2D eigenvalue weighted by Gasteiger charge is 2.24. The fourth-order valence-corrected chi connectivity index (χ4v) is 3.04. The zero-order valence-corrected chi connectivity index (χ0v) is 11.1. The third-order valence-electron chi connectivity index (χ3n) is 4.29. The normalized spacial score (nSPS) is 20.1. The summed E-state index contributed by atoms with van der Waals surface area (Å²) in [7, 11) is 0. The molecule has 4 nitrogen and oxygen atoms in total. The van der Waals surface area contributed by atoms with Gasteiger partial charge in [-0.25, -0.2) is 0 Å². The van der Waals surface area contributed by atoms with E-state index < -0.39 is 5.97 Å². The number of fused-ring (bicyclic) bond motifs is 1. The number of rotatable bonds is 2. The largest absolute Gasteiger partial charge is 0.481 e. The van der Waals surface area contributed by atoms with Gasteiger partial charge in [0, 0.05) is 25.3 Å². The third kappa shape index (κ3) is 2.59. The smallest absolute Gasteiger partial charge is 0.306 e. The second-order valence-electron chi connectivity index (χ2n) is 5.48. The van der Waals surface area contributed by atoms with Crippen molar-refractivity contribution >= 4 is 11.7 Å². The summed E-state index contributed by atoms with van der Waals surface area (Å²) in [5.41, 5.74) is 4.09. The summed E-state index contributed by atoms with van der Waals surface area (Å²) < 4.78 is 0. The van der Waals surface area contributed by atoms with E-state index in [1.54, 1.807) is 0 Å². The molecule has 2 aliphatic heterocycles. The van der Waals surface area contributed by atoms with Crippen LogP contribution >= 0.6 is 0 Å². The molecule has 0 unspecified atom stereocenters. The van der Waals surface area contributed by atoms with E-state index >= 15 is 0 Å². The molecule has 0 bridgehead atoms. The van der Waals surface area contributed by atoms with Gasteiger partial charge in [0.2, 0.25) is 0 Å². The second-order valence-corrected chi connectivity index (χ2v) is 5.48. The van der Waals surface area contributed by atoms with Crippen LogP contribution in [0.4, 0.5) is 5.69 Å². The molecule has 2 N–H and O–H groups in total. The van der Waals surface area contributed by atoms with Gasteiger partial charge < -0.3 is 15.3 Å². The molecule has 102 valence electrons. The Morgan fingerprint density at radius 1 is 1.26 bits per heavy atom. The number of carbonyl (C=O) groups is 1. The van der Waals surface area contributed by atoms with Crippen molar-refractivity contribution in [2.24, 2.45) is 5.92 Å². The zero-order valence-electron chi connectivity index (χ0n) is 11.1. The molecule has 19 heavy (non-hydrogen) atoms. The number of anilines is 1. The van der Waals surface area contributed by atoms with Gasteiger partial charge in [-0.3, -0.25) is 4.79 Å². The SMILES string of the molecule is O=C(O)C1CCN(c2ccc3c(c2)CCNC3)CC1. The van der Waals surface area contributed by atoms with Crippen LogP contribution in [-0.4, -0.2) is 30.7 Å². The summed E-state index contributed by atoms with van der Waals surface area (Å²) in [6.07, 6.45) is 2.61. The molecule has 0 amide bonds. The number of nitrogens with one attached hydrogen (secondary N) is 1. The first-order valence-electron chi connectivity index (χ1n) is 7.04. The van der Waals surface area contributed by atoms with Gasteiger partial charge in [-0.2, -0.15) is 0 Å². The fraction of sp³-hybridized carbons (Fsp3) is 0.533. The molecule has 3 rings (SSSR count). The molecule has 1 saturated heterocycles. The number of aliphatic carboxylic acids is 1. The lowest BCUT2D eigenvalue weighted by atomic mass is 9.95. The Morgan fingerprint density at radius 2 is 2.05 bits per heavy atom. The Hall–Kier alpha value is -1.55. The topological polar surface area (TPSA) is 52.6 Å². The average Bonchev–Trinajstić information content (AvgIpc) is 2.47. The Labute approximate surface area is 113 Å². The van der Waals surface area contributed by atoms with Crippen molar-refractivity contribution in [2.75, 3.05) is 24.5 Å². The van der Waals surface area contributed by atoms with Crippen LogP contribution in [0.25, 0.3) is 0 Å². The van der Waals surface area contributed by atoms with Crippen molar-refractivity contribution in [3.8, 4) is 0 Å². The van der Waals surface area contributed by atoms with Crippen LogP contribution in [0.2, 0.25) is 0 Å². The van der Waals surface area contributed by atoms with Crippen LogP contribution < -0.4 is 10.2 Å². The Morgan fingerprint density at radius 3 is 2.79 bits per heavy atom. The lowest BCUT2D eigenvalue weighted by Crippen LogP contribution is -2.36. The highest BCUT2D eigenvalue weighted by Crippen LogP contribution is 2.26. The second kappa shape index (κ2) is 5.21. The standard InChI is InChI=1S/C15H20N2O2/c18-15(19)11-4-7-17(8-5-11)14-2-1-13-10-16-6-3-12(13)9-14/h1-2,9,11,16H,3-8,10H2,(H,18,19). The number of benzene rings is 1. The van der Waals surface area contributed by atoms with E-state index in [2.05, 4.69) is 28.4 Å². The monoisotopic (exact) mass is 260 g/mol. The van der Waals surface area contributed by atoms with Crippen molar-refractivity contribution in [2.45, 2.75) is 25.8 Å². The maximum Gasteiger partial charge on any atom is 0.306 e. The summed E-state index contributed by atoms with van der Waals surface area (Å²) in [4.78, 5) is 13.3. The first-order valence-corrected chi connectivity index (χ1v) is 7.04. The van der Waals surface area contributed by atoms with E-state index in [1.165, 1.54) is 16.8 Å². The quantitative estimate of drug-likeness (QED) is 0.848. The predicted octanol–water partition coefficient (Wildman–Crippen LogP) is 1.63. The number of hydrogen-bond donors (Lipinski definition) is 2. The Kier molecular flexibility index (Phi) is 3.42. The van der Waals surface area contributed by atoms with Crippen LogP contribution in [0.5, 0.6) is 0 Å². The van der Waals surface area contributed by atoms with Crippen molar-refractivity contribution in [1.82, 2.24) is 5.32 Å². The number of carboxylic acids is 1. The molecule has 0 aliphatic carbocycles. The zero-order chi connectivity index (χ0) is 13.2. The van der Waals surface area contributed by atoms with Gasteiger partial charge in [-0.1, -0.05) is 6.07 Å². The van der Waals surface area contributed by atoms with Gasteiger partial charge in [-0.15, -0.1) is 0 Å². The molecule has 0 aromatic heterocycles. The van der Waals surface area contributed by atoms with E-state index in [1.807, 2.05) is 0 Å². The summed E-state index contributed by atoms with van der Waals surface area (Å²) in [5.74, 6) is -0.797. The fourth-order valence-electron chi connectivity index (χ4n) is 3.04. The summed E-state index contributed by atoms with van der Waals surface area (Å²) in [6, 6.07) is 6.67. The molecule has 0 radical (unpaired) electrons. The molecular weight excluding hydrogens is 240 g/mol. The minimum Gasteiger partial charge on any atom is -0.481 e. The number of nitrogens with zero attached hydrogens (tertiary/aromatic N) is 1. The number of carboxylic acid groups (broad SMARTS) is 1. The lowest BCUT2D eigenvalue weighted by molar-refractivity contribution is -0.142. The maximum absolute atomic E-state index is 11.0. The molecule has 0 spiro atoms. The first-order chi connectivity index (χ1) is 9.24. The van der Waals surface area contributed by atoms with Crippen molar-refractivity contribution in [3.05, 3.63) is 29.3 Å². The van der Waals surface area contributed by atoms with E-state index in [9.17, 15) is 4.79 Å². The van der Waals surface area contributed by atoms with Crippen LogP contribution in [0.1, 0.15) is 24.0 Å². The van der Waals surface area contributed by atoms with Crippen LogP contribution in [0.15, 0.2) is 18.2 Å². The molecule has 1 aromatic carbocycles. The van der Waals surface area contributed by atoms with E-state index in [4.69, 9.17) is 5.11 Å². The van der Waals surface area contributed by atoms with Gasteiger partial charge in [0.1, 0.15) is 0 Å². The minimum atomic E-state index is -0.642. The molecular formula is C15H20N2O2. The van der Waals surface area contributed by atoms with Gasteiger partial charge in [0.05, 0.1) is 5.92 Å². The van der Waals surface area contributed by atoms with Gasteiger partial charge in [-0.05, 0) is 49.1 Å². The van der Waals surface area contributed by atoms with Crippen LogP contribution in [0.3, 0.4) is 0 Å². The van der Waals surface area contributed by atoms with Crippen molar-refractivity contribution in [1.29, 1.82) is 0 Å². The number of hydrogen-bond acceptors (Lipinski definition) is 3. The maximum atomic E-state index is 11.0. The van der Waals surface area contributed by atoms with E-state index in [-0.39, 0.29) is 5.92 Å². The average molecular weight is 260 g/mol. The summed E-state index contributed by atoms with van der Waals surface area (Å²) in [6.45, 7) is 3.73. The molecule has 2 heterocycles. The predicted molar refractivity (Wildman–Crippen MR) is 74.4 cm³/mol. The Balaban J connectivity index is 1.71. The third-order valence-corrected chi connectivity index (χ3v) is 4.29. The summed E-state index contributed by atoms with van der Waals surface area (Å²) >= 11 is 0. The highest BCUT2D eigenvalue weighted by atomic mass is 16.4. The van der Waals surface area contributed by atoms with E-state index in [0.29, 0.717) is 0 Å². The molecule has 0 atom stereocenters. The molecule has 1 fully saturated rings. The molecule has 1 aromatic rings. The van der Waals surface area contributed by atoms with Gasteiger partial charge in [0.25, 0.3) is 0 Å². The molecule has 0 saturated carbocycles. The van der Waals surface area contributed by atoms with Crippen LogP contribution in [-0.2, 0) is 17.8 Å². The van der Waals surface area contributed by atoms with Crippen molar-refractivity contribution < 1.29 is 9.90 Å². The first kappa shape index (κ1) is 12.5. The number of piperidine rings is 1. The van der Waals surface area contributed by atoms with Crippen LogP contribution in [0, 0.1) is 5.92 Å². The molecule has 4 heteroatoms. The van der Waals surface area contributed by atoms with Gasteiger partial charge >= 0.3 is 5.97 Å². The van der Waals surface area contributed by atoms with E-state index in [0.717, 1.165) is 45.4 Å². The summed E-state index contributed by atoms with van der Waals surface area (Å²) in [5, 5.41) is 12.4. The van der Waals surface area contributed by atoms with Crippen molar-refractivity contribution in [3.63, 3.8) is 0 Å². The highest BCUT2D eigenvalue weighted by molar-refractivity contribution is 5.70. The lowest BCUT2D eigenvalue weighted by Gasteiger charge is -2.32.